The van der Waals surface area contributed by atoms with E-state index in [1.165, 1.54) is 22.3 Å². The molecule has 0 bridgehead atoms. The van der Waals surface area contributed by atoms with E-state index >= 15 is 0 Å². The first-order chi connectivity index (χ1) is 16.6. The summed E-state index contributed by atoms with van der Waals surface area (Å²) in [6, 6.07) is 39.2. The summed E-state index contributed by atoms with van der Waals surface area (Å²) >= 11 is 0. The van der Waals surface area contributed by atoms with Gasteiger partial charge in [-0.1, -0.05) is 62.4 Å². The van der Waals surface area contributed by atoms with E-state index in [1.807, 2.05) is 54.7 Å². The minimum atomic E-state index is 0. The van der Waals surface area contributed by atoms with E-state index in [1.54, 1.807) is 6.20 Å². The normalized spacial score (nSPS) is 10.9. The summed E-state index contributed by atoms with van der Waals surface area (Å²) in [5, 5.41) is 0. The molecule has 0 fully saturated rings. The molecule has 2 heterocycles. The molecule has 1 radical (unpaired) electrons. The van der Waals surface area contributed by atoms with Crippen molar-refractivity contribution in [1.29, 1.82) is 0 Å². The van der Waals surface area contributed by atoms with Crippen molar-refractivity contribution in [3.05, 3.63) is 144 Å². The van der Waals surface area contributed by atoms with Crippen molar-refractivity contribution in [2.24, 2.45) is 0 Å². The fourth-order valence-corrected chi connectivity index (χ4v) is 3.81. The zero-order valence-corrected chi connectivity index (χ0v) is 22.6. The number of hydrogen-bond acceptors (Lipinski definition) is 2. The summed E-state index contributed by atoms with van der Waals surface area (Å²) in [4.78, 5) is 8.80. The monoisotopic (exact) mass is 633 g/mol. The molecule has 0 N–H and O–H groups in total. The summed E-state index contributed by atoms with van der Waals surface area (Å²) in [7, 11) is 0. The fraction of sp³-hybridized carbons (Fsp3) is 0.125. The summed E-state index contributed by atoms with van der Waals surface area (Å²) in [6.45, 7) is 6.45. The molecular weight excluding hydrogens is 605 g/mol. The van der Waals surface area contributed by atoms with E-state index in [2.05, 4.69) is 91.4 Å². The third-order valence-electron chi connectivity index (χ3n) is 5.81. The zero-order valence-electron chi connectivity index (χ0n) is 20.2. The van der Waals surface area contributed by atoms with Crippen LogP contribution >= 0.6 is 0 Å². The average molecular weight is 633 g/mol. The van der Waals surface area contributed by atoms with Crippen LogP contribution in [0.1, 0.15) is 35.1 Å². The van der Waals surface area contributed by atoms with Crippen molar-refractivity contribution in [2.45, 2.75) is 26.7 Å². The molecule has 3 aromatic carbocycles. The largest absolute Gasteiger partial charge is 0.305 e. The number of rotatable bonds is 4. The van der Waals surface area contributed by atoms with Crippen LogP contribution in [0, 0.1) is 26.0 Å². The second kappa shape index (κ2) is 12.9. The van der Waals surface area contributed by atoms with Gasteiger partial charge < -0.3 is 9.97 Å². The van der Waals surface area contributed by atoms with Crippen LogP contribution in [0.3, 0.4) is 0 Å². The van der Waals surface area contributed by atoms with E-state index < -0.39 is 0 Å². The third kappa shape index (κ3) is 7.05. The van der Waals surface area contributed by atoms with Gasteiger partial charge in [0.2, 0.25) is 0 Å². The minimum absolute atomic E-state index is 0. The molecule has 0 saturated carbocycles. The maximum atomic E-state index is 4.58. The Hall–Kier alpha value is -3.39. The first kappa shape index (κ1) is 26.2. The molecule has 0 aliphatic rings. The molecule has 5 aromatic rings. The predicted molar refractivity (Wildman–Crippen MR) is 140 cm³/mol. The van der Waals surface area contributed by atoms with Gasteiger partial charge in [0.05, 0.1) is 0 Å². The molecule has 1 atom stereocenters. The first-order valence-electron chi connectivity index (χ1n) is 11.5. The van der Waals surface area contributed by atoms with Crippen LogP contribution < -0.4 is 0 Å². The van der Waals surface area contributed by atoms with Crippen LogP contribution in [0.15, 0.2) is 109 Å². The van der Waals surface area contributed by atoms with E-state index in [0.29, 0.717) is 5.92 Å². The zero-order chi connectivity index (χ0) is 23.8. The third-order valence-corrected chi connectivity index (χ3v) is 5.81. The number of hydrogen-bond donors (Lipinski definition) is 0. The van der Waals surface area contributed by atoms with Crippen LogP contribution in [0.4, 0.5) is 0 Å². The number of aromatic nitrogens is 2. The standard InChI is InChI=1S/C21H20N.C11H8N.Ir/c1-15-9-11-19(12-10-15)21-13-20(16(2)14-22-21)17(3)18-7-5-4-6-8-18;1-2-6-10(7-3-1)11-8-4-5-9-12-11;/h4-11,13-14,17H,1-3H3;1-6,8-9H;/q2*-1;. The Balaban J connectivity index is 0.000000223. The maximum Gasteiger partial charge on any atom is 0.0193 e. The summed E-state index contributed by atoms with van der Waals surface area (Å²) in [6.07, 6.45) is 3.76. The molecule has 0 spiro atoms. The molecule has 5 rings (SSSR count). The minimum Gasteiger partial charge on any atom is -0.305 e. The molecule has 2 aromatic heterocycles. The van der Waals surface area contributed by atoms with E-state index in [0.717, 1.165) is 22.5 Å². The molecule has 177 valence electrons. The SMILES string of the molecule is Cc1c[c-]c(-c2cc(C(C)c3ccccc3)c(C)cn2)cc1.[Ir].[c-]1ccccc1-c1ccccn1. The van der Waals surface area contributed by atoms with Crippen LogP contribution in [-0.4, -0.2) is 9.97 Å². The van der Waals surface area contributed by atoms with Crippen LogP contribution in [0.2, 0.25) is 0 Å². The number of aryl methyl sites for hydroxylation is 2. The van der Waals surface area contributed by atoms with Gasteiger partial charge >= 0.3 is 0 Å². The van der Waals surface area contributed by atoms with Crippen molar-refractivity contribution in [3.63, 3.8) is 0 Å². The smallest absolute Gasteiger partial charge is 0.0193 e. The van der Waals surface area contributed by atoms with Gasteiger partial charge in [0.25, 0.3) is 0 Å². The number of benzene rings is 3. The van der Waals surface area contributed by atoms with Gasteiger partial charge in [0.15, 0.2) is 0 Å². The molecule has 3 heteroatoms. The van der Waals surface area contributed by atoms with Gasteiger partial charge in [-0.3, -0.25) is 0 Å². The second-order valence-corrected chi connectivity index (χ2v) is 8.33. The van der Waals surface area contributed by atoms with Gasteiger partial charge in [0, 0.05) is 38.4 Å². The van der Waals surface area contributed by atoms with E-state index in [-0.39, 0.29) is 20.1 Å². The summed E-state index contributed by atoms with van der Waals surface area (Å²) < 4.78 is 0. The molecule has 0 aliphatic carbocycles. The van der Waals surface area contributed by atoms with Gasteiger partial charge in [-0.15, -0.1) is 71.3 Å². The fourth-order valence-electron chi connectivity index (χ4n) is 3.81. The van der Waals surface area contributed by atoms with Crippen molar-refractivity contribution < 1.29 is 20.1 Å². The number of pyridine rings is 2. The Labute approximate surface area is 222 Å². The molecule has 1 unspecified atom stereocenters. The summed E-state index contributed by atoms with van der Waals surface area (Å²) in [5.41, 5.74) is 9.15. The van der Waals surface area contributed by atoms with E-state index in [4.69, 9.17) is 0 Å². The predicted octanol–water partition coefficient (Wildman–Crippen LogP) is 7.86. The Morgan fingerprint density at radius 1 is 0.714 bits per heavy atom. The van der Waals surface area contributed by atoms with Gasteiger partial charge in [-0.2, -0.15) is 0 Å². The maximum absolute atomic E-state index is 4.58. The Kier molecular flexibility index (Phi) is 9.66. The Bertz CT molecular complexity index is 1270. The van der Waals surface area contributed by atoms with Crippen molar-refractivity contribution in [2.75, 3.05) is 0 Å². The topological polar surface area (TPSA) is 25.8 Å². The molecule has 2 nitrogen and oxygen atoms in total. The quantitative estimate of drug-likeness (QED) is 0.189. The Morgan fingerprint density at radius 2 is 1.46 bits per heavy atom. The second-order valence-electron chi connectivity index (χ2n) is 8.33. The van der Waals surface area contributed by atoms with Crippen molar-refractivity contribution in [3.8, 4) is 22.5 Å². The number of nitrogens with zero attached hydrogens (tertiary/aromatic N) is 2. The molecule has 35 heavy (non-hydrogen) atoms. The van der Waals surface area contributed by atoms with Gasteiger partial charge in [-0.25, -0.2) is 0 Å². The van der Waals surface area contributed by atoms with Crippen molar-refractivity contribution in [1.82, 2.24) is 9.97 Å². The van der Waals surface area contributed by atoms with Gasteiger partial charge in [0.1, 0.15) is 0 Å². The van der Waals surface area contributed by atoms with E-state index in [9.17, 15) is 0 Å². The van der Waals surface area contributed by atoms with Crippen LogP contribution in [0.25, 0.3) is 22.5 Å². The molecule has 0 amide bonds. The van der Waals surface area contributed by atoms with Gasteiger partial charge in [-0.05, 0) is 41.1 Å². The molecular formula is C32H28IrN2-2. The average Bonchev–Trinajstić information content (AvgIpc) is 2.91. The summed E-state index contributed by atoms with van der Waals surface area (Å²) in [5.74, 6) is 0.355. The van der Waals surface area contributed by atoms with Crippen molar-refractivity contribution >= 4 is 0 Å². The Morgan fingerprint density at radius 3 is 2.11 bits per heavy atom. The molecule has 0 saturated heterocycles. The van der Waals surface area contributed by atoms with Crippen LogP contribution in [0.5, 0.6) is 0 Å². The first-order valence-corrected chi connectivity index (χ1v) is 11.5. The van der Waals surface area contributed by atoms with Crippen LogP contribution in [-0.2, 0) is 20.1 Å². The molecule has 0 aliphatic heterocycles.